The predicted molar refractivity (Wildman–Crippen MR) is 99.3 cm³/mol. The number of nitro groups is 1. The number of anilines is 1. The number of alkyl halides is 3. The number of nitro benzene ring substituents is 1. The van der Waals surface area contributed by atoms with Crippen molar-refractivity contribution in [3.8, 4) is 11.4 Å². The van der Waals surface area contributed by atoms with Crippen LogP contribution in [0.4, 0.5) is 24.5 Å². The summed E-state index contributed by atoms with van der Waals surface area (Å²) in [7, 11) is 0. The summed E-state index contributed by atoms with van der Waals surface area (Å²) in [6, 6.07) is 11.0. The molecule has 0 saturated heterocycles. The minimum atomic E-state index is -4.73. The lowest BCUT2D eigenvalue weighted by Crippen LogP contribution is -2.16. The Hall–Kier alpha value is -3.41. The maximum atomic E-state index is 12.7. The van der Waals surface area contributed by atoms with Gasteiger partial charge in [-0.05, 0) is 12.1 Å². The van der Waals surface area contributed by atoms with Crippen LogP contribution < -0.4 is 5.32 Å². The monoisotopic (exact) mass is 423 g/mol. The molecule has 0 atom stereocenters. The van der Waals surface area contributed by atoms with Gasteiger partial charge in [0.15, 0.2) is 5.82 Å². The van der Waals surface area contributed by atoms with Gasteiger partial charge in [-0.25, -0.2) is 4.98 Å². The molecule has 3 aromatic rings. The van der Waals surface area contributed by atoms with Crippen molar-refractivity contribution in [2.24, 2.45) is 0 Å². The molecular formula is C17H12F3N5O3S. The van der Waals surface area contributed by atoms with E-state index in [9.17, 15) is 28.1 Å². The number of hydrogen-bond donors (Lipinski definition) is 2. The highest BCUT2D eigenvalue weighted by atomic mass is 32.2. The third kappa shape index (κ3) is 5.10. The van der Waals surface area contributed by atoms with Gasteiger partial charge in [0.1, 0.15) is 5.69 Å². The third-order valence-corrected chi connectivity index (χ3v) is 4.49. The number of amides is 1. The summed E-state index contributed by atoms with van der Waals surface area (Å²) in [6.45, 7) is 0. The molecule has 0 aliphatic heterocycles. The van der Waals surface area contributed by atoms with E-state index in [4.69, 9.17) is 0 Å². The second-order valence-electron chi connectivity index (χ2n) is 5.66. The molecule has 29 heavy (non-hydrogen) atoms. The van der Waals surface area contributed by atoms with Gasteiger partial charge in [-0.1, -0.05) is 42.1 Å². The fourth-order valence-corrected chi connectivity index (χ4v) is 2.92. The fourth-order valence-electron chi connectivity index (χ4n) is 2.32. The van der Waals surface area contributed by atoms with Gasteiger partial charge in [0.05, 0.1) is 16.2 Å². The number of H-pyrrole nitrogens is 1. The highest BCUT2D eigenvalue weighted by Crippen LogP contribution is 2.35. The number of nitrogens with one attached hydrogen (secondary N) is 2. The topological polar surface area (TPSA) is 114 Å². The Morgan fingerprint density at radius 1 is 1.21 bits per heavy atom. The van der Waals surface area contributed by atoms with E-state index in [1.54, 1.807) is 0 Å². The van der Waals surface area contributed by atoms with E-state index < -0.39 is 28.3 Å². The van der Waals surface area contributed by atoms with Crippen LogP contribution >= 0.6 is 11.8 Å². The largest absolute Gasteiger partial charge is 0.416 e. The number of nitrogens with zero attached hydrogens (tertiary/aromatic N) is 3. The van der Waals surface area contributed by atoms with Crippen LogP contribution in [0.3, 0.4) is 0 Å². The van der Waals surface area contributed by atoms with Crippen LogP contribution in [0.15, 0.2) is 53.7 Å². The molecule has 12 heteroatoms. The quantitative estimate of drug-likeness (QED) is 0.350. The minimum Gasteiger partial charge on any atom is -0.320 e. The van der Waals surface area contributed by atoms with Crippen molar-refractivity contribution < 1.29 is 22.9 Å². The Balaban J connectivity index is 1.65. The summed E-state index contributed by atoms with van der Waals surface area (Å²) in [4.78, 5) is 26.4. The molecule has 3 rings (SSSR count). The van der Waals surface area contributed by atoms with Gasteiger partial charge in [0.25, 0.3) is 5.69 Å². The minimum absolute atomic E-state index is 0.190. The van der Waals surface area contributed by atoms with Crippen molar-refractivity contribution in [1.82, 2.24) is 15.2 Å². The van der Waals surface area contributed by atoms with Gasteiger partial charge < -0.3 is 5.32 Å². The molecule has 0 aliphatic carbocycles. The molecular weight excluding hydrogens is 411 g/mol. The Kier molecular flexibility index (Phi) is 5.82. The highest BCUT2D eigenvalue weighted by molar-refractivity contribution is 7.99. The van der Waals surface area contributed by atoms with Crippen molar-refractivity contribution in [1.29, 1.82) is 0 Å². The molecule has 2 aromatic carbocycles. The van der Waals surface area contributed by atoms with E-state index in [0.29, 0.717) is 18.0 Å². The Bertz CT molecular complexity index is 1040. The third-order valence-electron chi connectivity index (χ3n) is 3.64. The zero-order valence-electron chi connectivity index (χ0n) is 14.4. The van der Waals surface area contributed by atoms with Crippen molar-refractivity contribution in [3.63, 3.8) is 0 Å². The van der Waals surface area contributed by atoms with Gasteiger partial charge in [-0.15, -0.1) is 5.10 Å². The average Bonchev–Trinajstić information content (AvgIpc) is 3.15. The molecule has 1 heterocycles. The molecule has 0 unspecified atom stereocenters. The lowest BCUT2D eigenvalue weighted by Gasteiger charge is -2.09. The van der Waals surface area contributed by atoms with E-state index in [0.717, 1.165) is 23.4 Å². The fraction of sp³-hybridized carbons (Fsp3) is 0.118. The van der Waals surface area contributed by atoms with Crippen molar-refractivity contribution in [2.45, 2.75) is 11.3 Å². The maximum Gasteiger partial charge on any atom is 0.416 e. The first-order chi connectivity index (χ1) is 13.7. The highest BCUT2D eigenvalue weighted by Gasteiger charge is 2.33. The van der Waals surface area contributed by atoms with Gasteiger partial charge in [-0.3, -0.25) is 20.0 Å². The summed E-state index contributed by atoms with van der Waals surface area (Å²) in [5.74, 6) is -0.333. The van der Waals surface area contributed by atoms with Crippen LogP contribution in [0.2, 0.25) is 0 Å². The molecule has 0 aliphatic rings. The number of thioether (sulfide) groups is 1. The SMILES string of the molecule is O=C(CSc1n[nH]c(-c2ccccc2)n1)Nc1ccc(C(F)(F)F)cc1[N+](=O)[O-]. The number of carbonyl (C=O) groups is 1. The smallest absolute Gasteiger partial charge is 0.320 e. The summed E-state index contributed by atoms with van der Waals surface area (Å²) >= 11 is 0.970. The average molecular weight is 423 g/mol. The number of hydrogen-bond acceptors (Lipinski definition) is 6. The van der Waals surface area contributed by atoms with Crippen LogP contribution in [0, 0.1) is 10.1 Å². The van der Waals surface area contributed by atoms with Crippen LogP contribution in [-0.2, 0) is 11.0 Å². The second-order valence-corrected chi connectivity index (χ2v) is 6.60. The Morgan fingerprint density at radius 2 is 1.93 bits per heavy atom. The Morgan fingerprint density at radius 3 is 2.59 bits per heavy atom. The van der Waals surface area contributed by atoms with Crippen LogP contribution in [-0.4, -0.2) is 31.8 Å². The Labute approximate surface area is 165 Å². The first kappa shape index (κ1) is 20.3. The van der Waals surface area contributed by atoms with E-state index in [1.807, 2.05) is 30.3 Å². The van der Waals surface area contributed by atoms with Crippen LogP contribution in [0.5, 0.6) is 0 Å². The standard InChI is InChI=1S/C17H12F3N5O3S/c18-17(19,20)11-6-7-12(13(8-11)25(27)28)21-14(26)9-29-16-22-15(23-24-16)10-4-2-1-3-5-10/h1-8H,9H2,(H,21,26)(H,22,23,24). The van der Waals surface area contributed by atoms with E-state index in [1.165, 1.54) is 0 Å². The number of halogens is 3. The molecule has 0 spiro atoms. The summed E-state index contributed by atoms with van der Waals surface area (Å²) in [5.41, 5.74) is -1.54. The molecule has 1 amide bonds. The number of aromatic amines is 1. The second kappa shape index (κ2) is 8.31. The summed E-state index contributed by atoms with van der Waals surface area (Å²) < 4.78 is 38.2. The molecule has 0 radical (unpaired) electrons. The van der Waals surface area contributed by atoms with Gasteiger partial charge in [-0.2, -0.15) is 13.2 Å². The van der Waals surface area contributed by atoms with Gasteiger partial charge in [0, 0.05) is 11.6 Å². The lowest BCUT2D eigenvalue weighted by molar-refractivity contribution is -0.384. The first-order valence-corrected chi connectivity index (χ1v) is 8.98. The summed E-state index contributed by atoms with van der Waals surface area (Å²) in [6.07, 6.45) is -4.73. The molecule has 8 nitrogen and oxygen atoms in total. The maximum absolute atomic E-state index is 12.7. The van der Waals surface area contributed by atoms with Gasteiger partial charge >= 0.3 is 6.18 Å². The first-order valence-electron chi connectivity index (χ1n) is 8.00. The molecule has 0 bridgehead atoms. The van der Waals surface area contributed by atoms with Gasteiger partial charge in [0.2, 0.25) is 11.1 Å². The van der Waals surface area contributed by atoms with Crippen molar-refractivity contribution in [3.05, 3.63) is 64.2 Å². The molecule has 0 saturated carbocycles. The zero-order chi connectivity index (χ0) is 21.0. The molecule has 1 aromatic heterocycles. The number of carbonyl (C=O) groups excluding carboxylic acids is 1. The number of benzene rings is 2. The molecule has 150 valence electrons. The number of aromatic nitrogens is 3. The van der Waals surface area contributed by atoms with Crippen molar-refractivity contribution >= 4 is 29.0 Å². The van der Waals surface area contributed by atoms with E-state index in [-0.39, 0.29) is 16.6 Å². The van der Waals surface area contributed by atoms with Crippen LogP contribution in [0.25, 0.3) is 11.4 Å². The normalized spacial score (nSPS) is 11.3. The van der Waals surface area contributed by atoms with Crippen molar-refractivity contribution in [2.75, 3.05) is 11.1 Å². The molecule has 2 N–H and O–H groups in total. The predicted octanol–water partition coefficient (Wildman–Crippen LogP) is 4.13. The lowest BCUT2D eigenvalue weighted by atomic mass is 10.1. The van der Waals surface area contributed by atoms with E-state index >= 15 is 0 Å². The van der Waals surface area contributed by atoms with Crippen LogP contribution in [0.1, 0.15) is 5.56 Å². The summed E-state index contributed by atoms with van der Waals surface area (Å²) in [5, 5.41) is 20.3. The number of rotatable bonds is 6. The molecule has 0 fully saturated rings. The van der Waals surface area contributed by atoms with E-state index in [2.05, 4.69) is 20.5 Å². The zero-order valence-corrected chi connectivity index (χ0v) is 15.3.